The van der Waals surface area contributed by atoms with Gasteiger partial charge in [0.2, 0.25) is 0 Å². The maximum Gasteiger partial charge on any atom is 0.309 e. The van der Waals surface area contributed by atoms with Gasteiger partial charge in [-0.2, -0.15) is 5.06 Å². The third kappa shape index (κ3) is 4.10. The van der Waals surface area contributed by atoms with Gasteiger partial charge in [-0.3, -0.25) is 10.0 Å². The van der Waals surface area contributed by atoms with E-state index in [0.29, 0.717) is 12.1 Å². The molecule has 0 atom stereocenters. The minimum atomic E-state index is -0.413. The number of anilines is 1. The molecule has 0 spiro atoms. The summed E-state index contributed by atoms with van der Waals surface area (Å²) in [6, 6.07) is 11.7. The Morgan fingerprint density at radius 1 is 1.21 bits per heavy atom. The highest BCUT2D eigenvalue weighted by molar-refractivity contribution is 8.13. The number of benzene rings is 2. The molecule has 2 aromatic carbocycles. The summed E-state index contributed by atoms with van der Waals surface area (Å²) in [5.74, 6) is 0.800. The number of hydrogen-bond donors (Lipinski definition) is 1. The lowest BCUT2D eigenvalue weighted by atomic mass is 10.1. The molecule has 0 aromatic heterocycles. The summed E-state index contributed by atoms with van der Waals surface area (Å²) in [4.78, 5) is 11.9. The number of nitrogens with zero attached hydrogens (tertiary/aromatic N) is 1. The Balaban J connectivity index is 2.31. The van der Waals surface area contributed by atoms with Crippen molar-refractivity contribution in [1.82, 2.24) is 0 Å². The Hall–Kier alpha value is -1.98. The predicted molar refractivity (Wildman–Crippen MR) is 99.2 cm³/mol. The Morgan fingerprint density at radius 2 is 1.92 bits per heavy atom. The van der Waals surface area contributed by atoms with Gasteiger partial charge in [-0.1, -0.05) is 54.6 Å². The topological polar surface area (TPSA) is 49.8 Å². The lowest BCUT2D eigenvalue weighted by Gasteiger charge is -2.21. The van der Waals surface area contributed by atoms with E-state index in [2.05, 4.69) is 6.07 Å². The first-order valence-electron chi connectivity index (χ1n) is 7.85. The zero-order valence-corrected chi connectivity index (χ0v) is 15.3. The highest BCUT2D eigenvalue weighted by atomic mass is 32.2. The molecule has 0 aliphatic carbocycles. The fourth-order valence-electron chi connectivity index (χ4n) is 2.61. The van der Waals surface area contributed by atoms with Gasteiger partial charge in [-0.15, -0.1) is 0 Å². The van der Waals surface area contributed by atoms with Crippen molar-refractivity contribution in [2.75, 3.05) is 11.3 Å². The van der Waals surface area contributed by atoms with Crippen molar-refractivity contribution in [3.8, 4) is 5.75 Å². The molecule has 0 unspecified atom stereocenters. The van der Waals surface area contributed by atoms with E-state index in [9.17, 15) is 10.0 Å². The molecule has 4 nitrogen and oxygen atoms in total. The molecular formula is C19H23NO3S. The number of aryl methyl sites for hydroxylation is 3. The molecule has 1 amide bonds. The number of rotatable bonds is 5. The molecule has 0 heterocycles. The van der Waals surface area contributed by atoms with Gasteiger partial charge >= 0.3 is 5.24 Å². The number of amides is 1. The molecule has 24 heavy (non-hydrogen) atoms. The maximum absolute atomic E-state index is 11.9. The van der Waals surface area contributed by atoms with Crippen molar-refractivity contribution in [3.05, 3.63) is 58.7 Å². The van der Waals surface area contributed by atoms with Crippen molar-refractivity contribution in [2.45, 2.75) is 33.8 Å². The standard InChI is InChI=1S/C19H23NO3S/c1-5-15-7-6-8-16(18(15)20(22)19(21)24-4)12-23-17-10-9-13(2)11-14(17)3/h6-11,22H,5,12H2,1-4H3. The van der Waals surface area contributed by atoms with E-state index in [1.165, 1.54) is 5.56 Å². The Morgan fingerprint density at radius 3 is 2.54 bits per heavy atom. The van der Waals surface area contributed by atoms with Crippen LogP contribution in [0.15, 0.2) is 36.4 Å². The van der Waals surface area contributed by atoms with Crippen LogP contribution in [-0.4, -0.2) is 16.7 Å². The first-order valence-corrected chi connectivity index (χ1v) is 9.08. The van der Waals surface area contributed by atoms with Crippen LogP contribution in [0.4, 0.5) is 10.5 Å². The van der Waals surface area contributed by atoms with Crippen molar-refractivity contribution < 1.29 is 14.7 Å². The van der Waals surface area contributed by atoms with Crippen LogP contribution in [0.25, 0.3) is 0 Å². The van der Waals surface area contributed by atoms with Crippen molar-refractivity contribution in [3.63, 3.8) is 0 Å². The summed E-state index contributed by atoms with van der Waals surface area (Å²) in [5, 5.41) is 10.6. The summed E-state index contributed by atoms with van der Waals surface area (Å²) in [6.07, 6.45) is 2.36. The second-order valence-electron chi connectivity index (χ2n) is 5.62. The van der Waals surface area contributed by atoms with Gasteiger partial charge in [0.1, 0.15) is 12.4 Å². The normalized spacial score (nSPS) is 10.5. The molecule has 0 saturated heterocycles. The predicted octanol–water partition coefficient (Wildman–Crippen LogP) is 5.12. The smallest absolute Gasteiger partial charge is 0.309 e. The summed E-state index contributed by atoms with van der Waals surface area (Å²) < 4.78 is 5.93. The van der Waals surface area contributed by atoms with E-state index in [1.807, 2.05) is 51.1 Å². The van der Waals surface area contributed by atoms with Crippen LogP contribution in [0.5, 0.6) is 5.75 Å². The van der Waals surface area contributed by atoms with E-state index in [0.717, 1.165) is 39.3 Å². The molecule has 2 aromatic rings. The zero-order chi connectivity index (χ0) is 17.7. The maximum atomic E-state index is 11.9. The molecule has 0 fully saturated rings. The average molecular weight is 345 g/mol. The highest BCUT2D eigenvalue weighted by Gasteiger charge is 2.19. The van der Waals surface area contributed by atoms with E-state index >= 15 is 0 Å². The van der Waals surface area contributed by atoms with Crippen LogP contribution in [-0.2, 0) is 13.0 Å². The van der Waals surface area contributed by atoms with Crippen LogP contribution in [0.1, 0.15) is 29.2 Å². The van der Waals surface area contributed by atoms with Gasteiger partial charge in [0.25, 0.3) is 0 Å². The van der Waals surface area contributed by atoms with Gasteiger partial charge in [0.15, 0.2) is 0 Å². The number of carbonyl (C=O) groups excluding carboxylic acids is 1. The van der Waals surface area contributed by atoms with E-state index in [-0.39, 0.29) is 6.61 Å². The third-order valence-corrected chi connectivity index (χ3v) is 4.38. The van der Waals surface area contributed by atoms with Crippen LogP contribution < -0.4 is 9.80 Å². The number of para-hydroxylation sites is 1. The first-order chi connectivity index (χ1) is 11.5. The molecule has 2 rings (SSSR count). The molecule has 0 saturated carbocycles. The van der Waals surface area contributed by atoms with Crippen molar-refractivity contribution in [1.29, 1.82) is 0 Å². The van der Waals surface area contributed by atoms with Crippen molar-refractivity contribution in [2.24, 2.45) is 0 Å². The minimum Gasteiger partial charge on any atom is -0.489 e. The van der Waals surface area contributed by atoms with E-state index in [1.54, 1.807) is 6.26 Å². The molecule has 128 valence electrons. The molecular weight excluding hydrogens is 322 g/mol. The van der Waals surface area contributed by atoms with Gasteiger partial charge in [0, 0.05) is 5.56 Å². The number of hydrogen-bond acceptors (Lipinski definition) is 4. The fourth-order valence-corrected chi connectivity index (χ4v) is 2.88. The second kappa shape index (κ2) is 8.22. The van der Waals surface area contributed by atoms with Gasteiger partial charge in [-0.05, 0) is 43.7 Å². The highest BCUT2D eigenvalue weighted by Crippen LogP contribution is 2.29. The lowest BCUT2D eigenvalue weighted by Crippen LogP contribution is -2.25. The van der Waals surface area contributed by atoms with E-state index < -0.39 is 5.24 Å². The Labute approximate surface area is 147 Å². The summed E-state index contributed by atoms with van der Waals surface area (Å²) >= 11 is 0.970. The Bertz CT molecular complexity index is 731. The number of thioether (sulfide) groups is 1. The van der Waals surface area contributed by atoms with Crippen LogP contribution in [0.2, 0.25) is 0 Å². The minimum absolute atomic E-state index is 0.284. The number of ether oxygens (including phenoxy) is 1. The first kappa shape index (κ1) is 18.4. The molecule has 1 N–H and O–H groups in total. The van der Waals surface area contributed by atoms with Crippen LogP contribution in [0, 0.1) is 13.8 Å². The number of hydroxylamine groups is 1. The third-order valence-electron chi connectivity index (χ3n) is 3.86. The summed E-state index contributed by atoms with van der Waals surface area (Å²) in [7, 11) is 0. The summed E-state index contributed by atoms with van der Waals surface area (Å²) in [5.41, 5.74) is 4.44. The van der Waals surface area contributed by atoms with Gasteiger partial charge < -0.3 is 4.74 Å². The second-order valence-corrected chi connectivity index (χ2v) is 6.38. The quantitative estimate of drug-likeness (QED) is 0.603. The molecule has 0 bridgehead atoms. The molecule has 0 aliphatic rings. The van der Waals surface area contributed by atoms with Crippen molar-refractivity contribution >= 4 is 22.7 Å². The summed E-state index contributed by atoms with van der Waals surface area (Å²) in [6.45, 7) is 6.31. The monoisotopic (exact) mass is 345 g/mol. The molecule has 5 heteroatoms. The number of carbonyl (C=O) groups is 1. The largest absolute Gasteiger partial charge is 0.489 e. The average Bonchev–Trinajstić information content (AvgIpc) is 2.59. The van der Waals surface area contributed by atoms with E-state index in [4.69, 9.17) is 4.74 Å². The van der Waals surface area contributed by atoms with Crippen LogP contribution in [0.3, 0.4) is 0 Å². The molecule has 0 aliphatic heterocycles. The fraction of sp³-hybridized carbons (Fsp3) is 0.316. The SMILES string of the molecule is CCc1cccc(COc2ccc(C)cc2C)c1N(O)C(=O)SC. The Kier molecular flexibility index (Phi) is 6.29. The van der Waals surface area contributed by atoms with Gasteiger partial charge in [-0.25, -0.2) is 0 Å². The zero-order valence-electron chi connectivity index (χ0n) is 14.5. The van der Waals surface area contributed by atoms with Crippen LogP contribution >= 0.6 is 11.8 Å². The molecule has 0 radical (unpaired) electrons. The van der Waals surface area contributed by atoms with Gasteiger partial charge in [0.05, 0.1) is 5.69 Å². The lowest BCUT2D eigenvalue weighted by molar-refractivity contribution is 0.223.